The molecular weight excluding hydrogens is 320 g/mol. The summed E-state index contributed by atoms with van der Waals surface area (Å²) in [7, 11) is 0. The van der Waals surface area contributed by atoms with Gasteiger partial charge in [0.2, 0.25) is 11.8 Å². The number of carbonyl (C=O) groups is 2. The molecule has 1 heterocycles. The number of nitrogens with zero attached hydrogens (tertiary/aromatic N) is 1. The van der Waals surface area contributed by atoms with E-state index in [1.165, 1.54) is 23.1 Å². The number of carbonyl (C=O) groups excluding carboxylic acids is 2. The normalized spacial score (nSPS) is 10.9. The van der Waals surface area contributed by atoms with Crippen LogP contribution in [0.2, 0.25) is 0 Å². The number of nitrogens with one attached hydrogen (secondary N) is 1. The minimum Gasteiger partial charge on any atom is -0.494 e. The van der Waals surface area contributed by atoms with Crippen LogP contribution in [0.1, 0.15) is 20.8 Å². The van der Waals surface area contributed by atoms with Gasteiger partial charge in [0.1, 0.15) is 5.75 Å². The van der Waals surface area contributed by atoms with Gasteiger partial charge in [0, 0.05) is 5.92 Å². The highest BCUT2D eigenvalue weighted by atomic mass is 32.2. The van der Waals surface area contributed by atoms with Crippen molar-refractivity contribution in [2.45, 2.75) is 25.1 Å². The number of thiazole rings is 1. The van der Waals surface area contributed by atoms with Crippen LogP contribution >= 0.6 is 23.1 Å². The van der Waals surface area contributed by atoms with Crippen LogP contribution in [0.4, 0.5) is 0 Å². The molecule has 1 aromatic carbocycles. The number of amides is 2. The number of hydrogen-bond acceptors (Lipinski definition) is 6. The lowest BCUT2D eigenvalue weighted by molar-refractivity contribution is -0.130. The zero-order valence-electron chi connectivity index (χ0n) is 12.7. The monoisotopic (exact) mass is 338 g/mol. The van der Waals surface area contributed by atoms with E-state index in [2.05, 4.69) is 10.3 Å². The predicted octanol–water partition coefficient (Wildman–Crippen LogP) is 3.09. The maximum atomic E-state index is 11.7. The molecule has 118 valence electrons. The first-order chi connectivity index (χ1) is 10.5. The van der Waals surface area contributed by atoms with Crippen molar-refractivity contribution >= 4 is 45.1 Å². The van der Waals surface area contributed by atoms with E-state index in [0.717, 1.165) is 20.3 Å². The lowest BCUT2D eigenvalue weighted by Crippen LogP contribution is -2.34. The molecule has 5 nitrogen and oxygen atoms in total. The lowest BCUT2D eigenvalue weighted by Gasteiger charge is -2.04. The SMILES string of the molecule is CCOc1ccc2nc(SCC(=O)NC(=O)C(C)C)sc2c1. The molecule has 0 fully saturated rings. The zero-order valence-corrected chi connectivity index (χ0v) is 14.3. The van der Waals surface area contributed by atoms with E-state index in [9.17, 15) is 9.59 Å². The summed E-state index contributed by atoms with van der Waals surface area (Å²) >= 11 is 2.84. The Morgan fingerprint density at radius 1 is 1.41 bits per heavy atom. The average molecular weight is 338 g/mol. The largest absolute Gasteiger partial charge is 0.494 e. The Hall–Kier alpha value is -1.60. The van der Waals surface area contributed by atoms with E-state index in [-0.39, 0.29) is 23.5 Å². The Bertz CT molecular complexity index is 682. The summed E-state index contributed by atoms with van der Waals surface area (Å²) in [4.78, 5) is 27.6. The van der Waals surface area contributed by atoms with Gasteiger partial charge in [0.25, 0.3) is 0 Å². The second-order valence-corrected chi connectivity index (χ2v) is 7.15. The molecule has 0 spiro atoms. The summed E-state index contributed by atoms with van der Waals surface area (Å²) in [6, 6.07) is 5.74. The number of aromatic nitrogens is 1. The molecule has 0 saturated carbocycles. The number of hydrogen-bond donors (Lipinski definition) is 1. The molecule has 2 rings (SSSR count). The molecule has 0 aliphatic carbocycles. The van der Waals surface area contributed by atoms with Crippen molar-refractivity contribution < 1.29 is 14.3 Å². The fourth-order valence-corrected chi connectivity index (χ4v) is 3.54. The summed E-state index contributed by atoms with van der Waals surface area (Å²) in [6.07, 6.45) is 0. The molecule has 0 bridgehead atoms. The van der Waals surface area contributed by atoms with Crippen LogP contribution in [0.15, 0.2) is 22.5 Å². The molecule has 0 unspecified atom stereocenters. The summed E-state index contributed by atoms with van der Waals surface area (Å²) in [5, 5.41) is 2.37. The number of imide groups is 1. The summed E-state index contributed by atoms with van der Waals surface area (Å²) in [5.74, 6) is 0.245. The predicted molar refractivity (Wildman–Crippen MR) is 89.5 cm³/mol. The van der Waals surface area contributed by atoms with Gasteiger partial charge in [-0.1, -0.05) is 25.6 Å². The number of thioether (sulfide) groups is 1. The first-order valence-corrected chi connectivity index (χ1v) is 8.79. The molecule has 7 heteroatoms. The second-order valence-electron chi connectivity index (χ2n) is 4.90. The van der Waals surface area contributed by atoms with Crippen LogP contribution in [-0.2, 0) is 9.59 Å². The summed E-state index contributed by atoms with van der Waals surface area (Å²) in [5.41, 5.74) is 0.884. The maximum absolute atomic E-state index is 11.7. The highest BCUT2D eigenvalue weighted by Gasteiger charge is 2.13. The summed E-state index contributed by atoms with van der Waals surface area (Å²) < 4.78 is 7.28. The third-order valence-corrected chi connectivity index (χ3v) is 4.93. The molecule has 0 aliphatic rings. The van der Waals surface area contributed by atoms with Crippen molar-refractivity contribution in [2.24, 2.45) is 5.92 Å². The molecular formula is C15H18N2O3S2. The quantitative estimate of drug-likeness (QED) is 0.820. The zero-order chi connectivity index (χ0) is 16.1. The van der Waals surface area contributed by atoms with E-state index in [0.29, 0.717) is 6.61 Å². The van der Waals surface area contributed by atoms with Crippen molar-refractivity contribution in [1.82, 2.24) is 10.3 Å². The van der Waals surface area contributed by atoms with E-state index in [1.54, 1.807) is 13.8 Å². The van der Waals surface area contributed by atoms with Gasteiger partial charge in [-0.3, -0.25) is 14.9 Å². The molecule has 2 aromatic rings. The lowest BCUT2D eigenvalue weighted by atomic mass is 10.2. The Morgan fingerprint density at radius 3 is 2.86 bits per heavy atom. The van der Waals surface area contributed by atoms with Crippen LogP contribution in [0.25, 0.3) is 10.2 Å². The van der Waals surface area contributed by atoms with E-state index >= 15 is 0 Å². The number of rotatable bonds is 6. The fraction of sp³-hybridized carbons (Fsp3) is 0.400. The molecule has 22 heavy (non-hydrogen) atoms. The summed E-state index contributed by atoms with van der Waals surface area (Å²) in [6.45, 7) is 6.06. The molecule has 0 radical (unpaired) electrons. The molecule has 0 atom stereocenters. The van der Waals surface area contributed by atoms with E-state index in [4.69, 9.17) is 4.74 Å². The van der Waals surface area contributed by atoms with Crippen LogP contribution in [0.3, 0.4) is 0 Å². The van der Waals surface area contributed by atoms with Crippen LogP contribution in [0, 0.1) is 5.92 Å². The van der Waals surface area contributed by atoms with Crippen LogP contribution in [0.5, 0.6) is 5.75 Å². The topological polar surface area (TPSA) is 68.3 Å². The average Bonchev–Trinajstić information content (AvgIpc) is 2.87. The van der Waals surface area contributed by atoms with Crippen LogP contribution in [-0.4, -0.2) is 29.2 Å². The third-order valence-electron chi connectivity index (χ3n) is 2.77. The highest BCUT2D eigenvalue weighted by Crippen LogP contribution is 2.31. The smallest absolute Gasteiger partial charge is 0.237 e. The third kappa shape index (κ3) is 4.45. The Morgan fingerprint density at radius 2 is 2.18 bits per heavy atom. The van der Waals surface area contributed by atoms with Gasteiger partial charge >= 0.3 is 0 Å². The Kier molecular flexibility index (Phi) is 5.79. The van der Waals surface area contributed by atoms with Crippen molar-refractivity contribution in [3.8, 4) is 5.75 Å². The maximum Gasteiger partial charge on any atom is 0.237 e. The van der Waals surface area contributed by atoms with Crippen molar-refractivity contribution in [1.29, 1.82) is 0 Å². The van der Waals surface area contributed by atoms with Crippen molar-refractivity contribution in [3.05, 3.63) is 18.2 Å². The minimum atomic E-state index is -0.294. The van der Waals surface area contributed by atoms with Gasteiger partial charge in [-0.05, 0) is 25.1 Å². The number of ether oxygens (including phenoxy) is 1. The molecule has 1 N–H and O–H groups in total. The van der Waals surface area contributed by atoms with E-state index < -0.39 is 0 Å². The first kappa shape index (κ1) is 16.8. The van der Waals surface area contributed by atoms with Crippen LogP contribution < -0.4 is 10.1 Å². The standard InChI is InChI=1S/C15H18N2O3S2/c1-4-20-10-5-6-11-12(7-10)22-15(16-11)21-8-13(18)17-14(19)9(2)3/h5-7,9H,4,8H2,1-3H3,(H,17,18,19). The first-order valence-electron chi connectivity index (χ1n) is 6.99. The van der Waals surface area contributed by atoms with E-state index in [1.807, 2.05) is 25.1 Å². The molecule has 2 amide bonds. The van der Waals surface area contributed by atoms with Gasteiger partial charge in [0.05, 0.1) is 22.6 Å². The fourth-order valence-electron chi connectivity index (χ4n) is 1.65. The molecule has 0 saturated heterocycles. The molecule has 0 aliphatic heterocycles. The second kappa shape index (κ2) is 7.60. The van der Waals surface area contributed by atoms with Gasteiger partial charge in [-0.25, -0.2) is 4.98 Å². The van der Waals surface area contributed by atoms with Gasteiger partial charge in [-0.2, -0.15) is 0 Å². The number of fused-ring (bicyclic) bond motifs is 1. The Labute approximate surface area is 137 Å². The van der Waals surface area contributed by atoms with Gasteiger partial charge in [-0.15, -0.1) is 11.3 Å². The Balaban J connectivity index is 1.97. The number of benzene rings is 1. The van der Waals surface area contributed by atoms with Gasteiger partial charge < -0.3 is 4.74 Å². The molecule has 1 aromatic heterocycles. The van der Waals surface area contributed by atoms with Gasteiger partial charge in [0.15, 0.2) is 4.34 Å². The minimum absolute atomic E-state index is 0.177. The van der Waals surface area contributed by atoms with Crippen molar-refractivity contribution in [2.75, 3.05) is 12.4 Å². The van der Waals surface area contributed by atoms with Crippen molar-refractivity contribution in [3.63, 3.8) is 0 Å². The highest BCUT2D eigenvalue weighted by molar-refractivity contribution is 8.01.